The minimum absolute atomic E-state index is 0.377. The van der Waals surface area contributed by atoms with E-state index in [1.54, 1.807) is 0 Å². The lowest BCUT2D eigenvalue weighted by Crippen LogP contribution is -2.29. The van der Waals surface area contributed by atoms with Gasteiger partial charge in [-0.15, -0.1) is 6.42 Å². The third kappa shape index (κ3) is 4.86. The molecule has 0 aliphatic rings. The zero-order chi connectivity index (χ0) is 8.91. The van der Waals surface area contributed by atoms with E-state index in [4.69, 9.17) is 6.42 Å². The van der Waals surface area contributed by atoms with Gasteiger partial charge in [0.05, 0.1) is 6.54 Å². The Labute approximate surface area is 70.6 Å². The standard InChI is InChI=1S/C10H19N/c1-6-7-11-8-9(2)10(3,4)5/h1,9,11H,7-8H2,2-5H3. The van der Waals surface area contributed by atoms with E-state index in [2.05, 4.69) is 38.9 Å². The molecule has 1 nitrogen and oxygen atoms in total. The smallest absolute Gasteiger partial charge is 0.0573 e. The first-order valence-corrected chi connectivity index (χ1v) is 4.12. The van der Waals surface area contributed by atoms with Gasteiger partial charge in [-0.05, 0) is 17.9 Å². The van der Waals surface area contributed by atoms with Gasteiger partial charge in [0.15, 0.2) is 0 Å². The third-order valence-corrected chi connectivity index (χ3v) is 2.16. The van der Waals surface area contributed by atoms with Gasteiger partial charge in [0.2, 0.25) is 0 Å². The molecule has 0 aliphatic heterocycles. The van der Waals surface area contributed by atoms with Crippen molar-refractivity contribution in [2.45, 2.75) is 27.7 Å². The molecule has 1 heteroatoms. The zero-order valence-corrected chi connectivity index (χ0v) is 8.07. The molecular formula is C10H19N. The normalized spacial score (nSPS) is 14.1. The van der Waals surface area contributed by atoms with Crippen molar-refractivity contribution < 1.29 is 0 Å². The van der Waals surface area contributed by atoms with Crippen molar-refractivity contribution in [2.75, 3.05) is 13.1 Å². The number of rotatable bonds is 3. The molecule has 1 atom stereocenters. The molecule has 0 saturated heterocycles. The molecule has 0 fully saturated rings. The van der Waals surface area contributed by atoms with E-state index < -0.39 is 0 Å². The van der Waals surface area contributed by atoms with Crippen LogP contribution < -0.4 is 5.32 Å². The minimum Gasteiger partial charge on any atom is -0.306 e. The first-order valence-electron chi connectivity index (χ1n) is 4.12. The molecule has 0 bridgehead atoms. The van der Waals surface area contributed by atoms with Gasteiger partial charge in [0.1, 0.15) is 0 Å². The van der Waals surface area contributed by atoms with Gasteiger partial charge in [-0.25, -0.2) is 0 Å². The second-order valence-electron chi connectivity index (χ2n) is 4.10. The third-order valence-electron chi connectivity index (χ3n) is 2.16. The molecule has 0 amide bonds. The van der Waals surface area contributed by atoms with Crippen LogP contribution in [0.2, 0.25) is 0 Å². The highest BCUT2D eigenvalue weighted by Gasteiger charge is 2.18. The first kappa shape index (κ1) is 10.5. The molecule has 1 unspecified atom stereocenters. The zero-order valence-electron chi connectivity index (χ0n) is 8.07. The van der Waals surface area contributed by atoms with Gasteiger partial charge in [-0.2, -0.15) is 0 Å². The molecule has 64 valence electrons. The summed E-state index contributed by atoms with van der Waals surface area (Å²) in [4.78, 5) is 0. The molecule has 0 aromatic carbocycles. The predicted octanol–water partition coefficient (Wildman–Crippen LogP) is 1.89. The second-order valence-corrected chi connectivity index (χ2v) is 4.10. The van der Waals surface area contributed by atoms with Crippen LogP contribution in [0.1, 0.15) is 27.7 Å². The average Bonchev–Trinajstić information content (AvgIpc) is 1.86. The SMILES string of the molecule is C#CCNCC(C)C(C)(C)C. The van der Waals surface area contributed by atoms with Gasteiger partial charge in [-0.1, -0.05) is 33.6 Å². The van der Waals surface area contributed by atoms with Crippen molar-refractivity contribution in [1.82, 2.24) is 5.32 Å². The Morgan fingerprint density at radius 1 is 1.45 bits per heavy atom. The Morgan fingerprint density at radius 2 is 2.00 bits per heavy atom. The Bertz CT molecular complexity index is 136. The van der Waals surface area contributed by atoms with Crippen molar-refractivity contribution in [2.24, 2.45) is 11.3 Å². The van der Waals surface area contributed by atoms with Crippen LogP contribution in [-0.2, 0) is 0 Å². The van der Waals surface area contributed by atoms with Crippen molar-refractivity contribution >= 4 is 0 Å². The van der Waals surface area contributed by atoms with E-state index in [9.17, 15) is 0 Å². The van der Waals surface area contributed by atoms with Crippen LogP contribution in [-0.4, -0.2) is 13.1 Å². The predicted molar refractivity (Wildman–Crippen MR) is 50.3 cm³/mol. The number of hydrogen-bond acceptors (Lipinski definition) is 1. The van der Waals surface area contributed by atoms with Crippen LogP contribution in [0.25, 0.3) is 0 Å². The van der Waals surface area contributed by atoms with Crippen molar-refractivity contribution in [3.8, 4) is 12.3 Å². The highest BCUT2D eigenvalue weighted by Crippen LogP contribution is 2.24. The summed E-state index contributed by atoms with van der Waals surface area (Å²) in [5.74, 6) is 3.23. The molecule has 0 aromatic heterocycles. The van der Waals surface area contributed by atoms with Crippen LogP contribution in [0.15, 0.2) is 0 Å². The second kappa shape index (κ2) is 4.41. The molecule has 0 spiro atoms. The minimum atomic E-state index is 0.377. The van der Waals surface area contributed by atoms with E-state index in [0.29, 0.717) is 17.9 Å². The van der Waals surface area contributed by atoms with E-state index in [-0.39, 0.29) is 0 Å². The van der Waals surface area contributed by atoms with Crippen LogP contribution in [0.3, 0.4) is 0 Å². The number of terminal acetylenes is 1. The summed E-state index contributed by atoms with van der Waals surface area (Å²) >= 11 is 0. The molecule has 0 heterocycles. The van der Waals surface area contributed by atoms with E-state index in [1.165, 1.54) is 0 Å². The maximum atomic E-state index is 5.11. The van der Waals surface area contributed by atoms with Crippen molar-refractivity contribution in [3.63, 3.8) is 0 Å². The van der Waals surface area contributed by atoms with E-state index >= 15 is 0 Å². The largest absolute Gasteiger partial charge is 0.306 e. The molecular weight excluding hydrogens is 134 g/mol. The summed E-state index contributed by atoms with van der Waals surface area (Å²) in [6, 6.07) is 0. The monoisotopic (exact) mass is 153 g/mol. The maximum Gasteiger partial charge on any atom is 0.0573 e. The summed E-state index contributed by atoms with van der Waals surface area (Å²) in [5, 5.41) is 3.21. The van der Waals surface area contributed by atoms with Crippen molar-refractivity contribution in [3.05, 3.63) is 0 Å². The lowest BCUT2D eigenvalue weighted by Gasteiger charge is -2.27. The summed E-state index contributed by atoms with van der Waals surface area (Å²) in [6.07, 6.45) is 5.11. The Kier molecular flexibility index (Phi) is 4.22. The van der Waals surface area contributed by atoms with Crippen LogP contribution in [0.4, 0.5) is 0 Å². The molecule has 0 aliphatic carbocycles. The highest BCUT2D eigenvalue weighted by molar-refractivity contribution is 4.87. The molecule has 0 radical (unpaired) electrons. The lowest BCUT2D eigenvalue weighted by atomic mass is 9.82. The fraction of sp³-hybridized carbons (Fsp3) is 0.800. The Balaban J connectivity index is 3.55. The quantitative estimate of drug-likeness (QED) is 0.482. The summed E-state index contributed by atoms with van der Waals surface area (Å²) < 4.78 is 0. The molecule has 0 aromatic rings. The Hall–Kier alpha value is -0.480. The number of hydrogen-bond donors (Lipinski definition) is 1. The maximum absolute atomic E-state index is 5.11. The fourth-order valence-corrected chi connectivity index (χ4v) is 0.667. The topological polar surface area (TPSA) is 12.0 Å². The van der Waals surface area contributed by atoms with Gasteiger partial charge in [0.25, 0.3) is 0 Å². The van der Waals surface area contributed by atoms with E-state index in [0.717, 1.165) is 6.54 Å². The fourth-order valence-electron chi connectivity index (χ4n) is 0.667. The lowest BCUT2D eigenvalue weighted by molar-refractivity contribution is 0.256. The summed E-state index contributed by atoms with van der Waals surface area (Å²) in [6.45, 7) is 10.7. The Morgan fingerprint density at radius 3 is 2.36 bits per heavy atom. The highest BCUT2D eigenvalue weighted by atomic mass is 14.8. The van der Waals surface area contributed by atoms with Crippen LogP contribution in [0.5, 0.6) is 0 Å². The average molecular weight is 153 g/mol. The molecule has 11 heavy (non-hydrogen) atoms. The van der Waals surface area contributed by atoms with Crippen LogP contribution >= 0.6 is 0 Å². The first-order chi connectivity index (χ1) is 4.98. The molecule has 1 N–H and O–H groups in total. The molecule has 0 saturated carbocycles. The summed E-state index contributed by atoms with van der Waals surface area (Å²) in [7, 11) is 0. The molecule has 0 rings (SSSR count). The van der Waals surface area contributed by atoms with Gasteiger partial charge >= 0.3 is 0 Å². The van der Waals surface area contributed by atoms with Crippen molar-refractivity contribution in [1.29, 1.82) is 0 Å². The summed E-state index contributed by atoms with van der Waals surface area (Å²) in [5.41, 5.74) is 0.377. The van der Waals surface area contributed by atoms with E-state index in [1.807, 2.05) is 0 Å². The van der Waals surface area contributed by atoms with Gasteiger partial charge in [0, 0.05) is 0 Å². The van der Waals surface area contributed by atoms with Crippen LogP contribution in [0, 0.1) is 23.7 Å². The van der Waals surface area contributed by atoms with Gasteiger partial charge < -0.3 is 5.32 Å². The van der Waals surface area contributed by atoms with Gasteiger partial charge in [-0.3, -0.25) is 0 Å². The number of nitrogens with one attached hydrogen (secondary N) is 1.